The number of fused-ring (bicyclic) bond motifs is 1. The molecular weight excluding hydrogens is 390 g/mol. The molecule has 0 bridgehead atoms. The Morgan fingerprint density at radius 1 is 1.06 bits per heavy atom. The minimum atomic E-state index is -0.134. The van der Waals surface area contributed by atoms with Gasteiger partial charge in [0.15, 0.2) is 0 Å². The van der Waals surface area contributed by atoms with E-state index in [1.807, 2.05) is 43.6 Å². The topological polar surface area (TPSA) is 89.0 Å². The number of carbonyl (C=O) groups is 1. The maximum atomic E-state index is 12.1. The van der Waals surface area contributed by atoms with Crippen molar-refractivity contribution in [3.05, 3.63) is 78.2 Å². The first-order valence-electron chi connectivity index (χ1n) is 9.96. The average molecular weight is 413 g/mol. The second-order valence-electron chi connectivity index (χ2n) is 7.11. The van der Waals surface area contributed by atoms with E-state index in [1.54, 1.807) is 25.4 Å². The van der Waals surface area contributed by atoms with Gasteiger partial charge >= 0.3 is 0 Å². The van der Waals surface area contributed by atoms with Crippen LogP contribution in [0.1, 0.15) is 15.9 Å². The van der Waals surface area contributed by atoms with Gasteiger partial charge < -0.3 is 15.4 Å². The summed E-state index contributed by atoms with van der Waals surface area (Å²) in [5.74, 6) is 0.364. The zero-order chi connectivity index (χ0) is 21.6. The van der Waals surface area contributed by atoms with Gasteiger partial charge in [0, 0.05) is 48.9 Å². The number of ether oxygens (including phenoxy) is 1. The van der Waals surface area contributed by atoms with Gasteiger partial charge in [0.25, 0.3) is 5.91 Å². The molecule has 31 heavy (non-hydrogen) atoms. The lowest BCUT2D eigenvalue weighted by molar-refractivity contribution is 0.0937. The molecule has 0 aliphatic rings. The van der Waals surface area contributed by atoms with Crippen LogP contribution in [-0.4, -0.2) is 41.1 Å². The van der Waals surface area contributed by atoms with Gasteiger partial charge in [0.1, 0.15) is 0 Å². The molecular formula is C24H23N5O2. The number of nitrogens with zero attached hydrogens (tertiary/aromatic N) is 3. The summed E-state index contributed by atoms with van der Waals surface area (Å²) in [5, 5.41) is 6.94. The first kappa shape index (κ1) is 20.4. The lowest BCUT2D eigenvalue weighted by Gasteiger charge is -2.09. The summed E-state index contributed by atoms with van der Waals surface area (Å²) in [4.78, 5) is 25.3. The SMILES string of the molecule is COCCNC(=O)c1ccc(Nc2ncc3cc(-c4ccncc4C)ccc3n2)cc1. The number of methoxy groups -OCH3 is 1. The Hall–Kier alpha value is -3.84. The summed E-state index contributed by atoms with van der Waals surface area (Å²) in [6.07, 6.45) is 5.46. The van der Waals surface area contributed by atoms with E-state index in [9.17, 15) is 4.79 Å². The average Bonchev–Trinajstić information content (AvgIpc) is 2.80. The van der Waals surface area contributed by atoms with Gasteiger partial charge in [0.05, 0.1) is 12.1 Å². The van der Waals surface area contributed by atoms with Gasteiger partial charge in [-0.2, -0.15) is 0 Å². The van der Waals surface area contributed by atoms with Crippen LogP contribution in [0.3, 0.4) is 0 Å². The van der Waals surface area contributed by atoms with Crippen molar-refractivity contribution in [3.63, 3.8) is 0 Å². The van der Waals surface area contributed by atoms with E-state index in [-0.39, 0.29) is 5.91 Å². The highest BCUT2D eigenvalue weighted by atomic mass is 16.5. The van der Waals surface area contributed by atoms with Crippen LogP contribution in [0, 0.1) is 6.92 Å². The molecule has 156 valence electrons. The van der Waals surface area contributed by atoms with E-state index >= 15 is 0 Å². The number of hydrogen-bond donors (Lipinski definition) is 2. The van der Waals surface area contributed by atoms with E-state index in [0.29, 0.717) is 24.7 Å². The minimum absolute atomic E-state index is 0.134. The van der Waals surface area contributed by atoms with Crippen LogP contribution in [0.5, 0.6) is 0 Å². The van der Waals surface area contributed by atoms with Crippen LogP contribution >= 0.6 is 0 Å². The fourth-order valence-electron chi connectivity index (χ4n) is 3.26. The lowest BCUT2D eigenvalue weighted by atomic mass is 10.0. The molecule has 2 heterocycles. The van der Waals surface area contributed by atoms with Crippen molar-refractivity contribution in [3.8, 4) is 11.1 Å². The molecule has 0 radical (unpaired) electrons. The smallest absolute Gasteiger partial charge is 0.251 e. The first-order valence-corrected chi connectivity index (χ1v) is 9.96. The minimum Gasteiger partial charge on any atom is -0.383 e. The maximum Gasteiger partial charge on any atom is 0.251 e. The molecule has 2 aromatic carbocycles. The summed E-state index contributed by atoms with van der Waals surface area (Å²) in [7, 11) is 1.60. The van der Waals surface area contributed by atoms with Crippen LogP contribution in [0.15, 0.2) is 67.1 Å². The molecule has 4 rings (SSSR count). The van der Waals surface area contributed by atoms with E-state index < -0.39 is 0 Å². The lowest BCUT2D eigenvalue weighted by Crippen LogP contribution is -2.26. The summed E-state index contributed by atoms with van der Waals surface area (Å²) >= 11 is 0. The second-order valence-corrected chi connectivity index (χ2v) is 7.11. The monoisotopic (exact) mass is 413 g/mol. The normalized spacial score (nSPS) is 10.8. The summed E-state index contributed by atoms with van der Waals surface area (Å²) < 4.78 is 4.94. The molecule has 0 aliphatic carbocycles. The predicted octanol–water partition coefficient (Wildman–Crippen LogP) is 4.12. The number of nitrogens with one attached hydrogen (secondary N) is 2. The molecule has 0 saturated heterocycles. The third-order valence-corrected chi connectivity index (χ3v) is 4.91. The van der Waals surface area contributed by atoms with Crippen molar-refractivity contribution in [2.45, 2.75) is 6.92 Å². The highest BCUT2D eigenvalue weighted by Gasteiger charge is 2.07. The quantitative estimate of drug-likeness (QED) is 0.443. The fourth-order valence-corrected chi connectivity index (χ4v) is 3.26. The molecule has 2 aromatic heterocycles. The van der Waals surface area contributed by atoms with Crippen LogP contribution in [0.25, 0.3) is 22.0 Å². The zero-order valence-electron chi connectivity index (χ0n) is 17.4. The van der Waals surface area contributed by atoms with Crippen LogP contribution in [0.4, 0.5) is 11.6 Å². The van der Waals surface area contributed by atoms with Crippen molar-refractivity contribution in [1.29, 1.82) is 0 Å². The van der Waals surface area contributed by atoms with Gasteiger partial charge in [-0.1, -0.05) is 6.07 Å². The Labute approximate surface area is 180 Å². The van der Waals surface area contributed by atoms with Gasteiger partial charge in [-0.05, 0) is 66.1 Å². The molecule has 0 spiro atoms. The number of aromatic nitrogens is 3. The third-order valence-electron chi connectivity index (χ3n) is 4.91. The molecule has 0 saturated carbocycles. The summed E-state index contributed by atoms with van der Waals surface area (Å²) in [6, 6.07) is 15.3. The molecule has 2 N–H and O–H groups in total. The van der Waals surface area contributed by atoms with Crippen LogP contribution in [0.2, 0.25) is 0 Å². The van der Waals surface area contributed by atoms with E-state index in [2.05, 4.69) is 37.7 Å². The third kappa shape index (κ3) is 4.84. The Balaban J connectivity index is 1.48. The van der Waals surface area contributed by atoms with Crippen LogP contribution in [-0.2, 0) is 4.74 Å². The Bertz CT molecular complexity index is 1210. The molecule has 0 atom stereocenters. The van der Waals surface area contributed by atoms with Crippen molar-refractivity contribution < 1.29 is 9.53 Å². The largest absolute Gasteiger partial charge is 0.383 e. The number of pyridine rings is 1. The fraction of sp³-hybridized carbons (Fsp3) is 0.167. The number of benzene rings is 2. The van der Waals surface area contributed by atoms with E-state index in [0.717, 1.165) is 33.3 Å². The highest BCUT2D eigenvalue weighted by Crippen LogP contribution is 2.26. The Morgan fingerprint density at radius 2 is 1.90 bits per heavy atom. The highest BCUT2D eigenvalue weighted by molar-refractivity contribution is 5.94. The number of amides is 1. The second kappa shape index (κ2) is 9.32. The molecule has 0 fully saturated rings. The van der Waals surface area contributed by atoms with E-state index in [4.69, 9.17) is 4.74 Å². The summed E-state index contributed by atoms with van der Waals surface area (Å²) in [6.45, 7) is 3.00. The number of hydrogen-bond acceptors (Lipinski definition) is 6. The summed E-state index contributed by atoms with van der Waals surface area (Å²) in [5.41, 5.74) is 5.61. The van der Waals surface area contributed by atoms with Crippen LogP contribution < -0.4 is 10.6 Å². The number of carbonyl (C=O) groups excluding carboxylic acids is 1. The molecule has 7 nitrogen and oxygen atoms in total. The number of rotatable bonds is 7. The molecule has 1 amide bonds. The zero-order valence-corrected chi connectivity index (χ0v) is 17.4. The van der Waals surface area contributed by atoms with Gasteiger partial charge in [-0.3, -0.25) is 9.78 Å². The molecule has 0 unspecified atom stereocenters. The predicted molar refractivity (Wildman–Crippen MR) is 121 cm³/mol. The Morgan fingerprint density at radius 3 is 2.68 bits per heavy atom. The molecule has 0 aliphatic heterocycles. The standard InChI is InChI=1S/C24H23N5O2/c1-16-14-25-10-9-21(16)18-5-8-22-19(13-18)15-27-24(29-22)28-20-6-3-17(4-7-20)23(30)26-11-12-31-2/h3-10,13-15H,11-12H2,1-2H3,(H,26,30)(H,27,28,29). The van der Waals surface area contributed by atoms with Crippen molar-refractivity contribution in [2.24, 2.45) is 0 Å². The van der Waals surface area contributed by atoms with Crippen molar-refractivity contribution >= 4 is 28.4 Å². The Kier molecular flexibility index (Phi) is 6.14. The molecule has 7 heteroatoms. The number of aryl methyl sites for hydroxylation is 1. The van der Waals surface area contributed by atoms with Crippen molar-refractivity contribution in [1.82, 2.24) is 20.3 Å². The van der Waals surface area contributed by atoms with Crippen molar-refractivity contribution in [2.75, 3.05) is 25.6 Å². The molecule has 4 aromatic rings. The van der Waals surface area contributed by atoms with Gasteiger partial charge in [0.2, 0.25) is 5.95 Å². The number of anilines is 2. The van der Waals surface area contributed by atoms with Gasteiger partial charge in [-0.25, -0.2) is 9.97 Å². The maximum absolute atomic E-state index is 12.1. The van der Waals surface area contributed by atoms with Gasteiger partial charge in [-0.15, -0.1) is 0 Å². The first-order chi connectivity index (χ1) is 15.1. The van der Waals surface area contributed by atoms with E-state index in [1.165, 1.54) is 0 Å².